The van der Waals surface area contributed by atoms with Crippen molar-refractivity contribution in [2.75, 3.05) is 9.80 Å². The summed E-state index contributed by atoms with van der Waals surface area (Å²) in [6.45, 7) is 9.16. The maximum atomic E-state index is 5.45. The van der Waals surface area contributed by atoms with Crippen molar-refractivity contribution >= 4 is 34.9 Å². The number of anilines is 6. The highest BCUT2D eigenvalue weighted by atomic mass is 15.3. The van der Waals surface area contributed by atoms with Crippen LogP contribution in [0, 0.1) is 0 Å². The first-order valence-electron chi connectivity index (χ1n) is 30.0. The number of unbranched alkanes of at least 4 members (excludes halogenated alkanes) is 28. The molecule has 0 bridgehead atoms. The van der Waals surface area contributed by atoms with Crippen molar-refractivity contribution in [2.24, 2.45) is 0 Å². The normalized spacial score (nSPS) is 11.4. The number of hydrogen-bond donors (Lipinski definition) is 0. The van der Waals surface area contributed by atoms with E-state index in [2.05, 4.69) is 129 Å². The molecular formula is C65H99N7. The van der Waals surface area contributed by atoms with Crippen LogP contribution in [0.15, 0.2) is 91.5 Å². The van der Waals surface area contributed by atoms with Gasteiger partial charge < -0.3 is 0 Å². The fourth-order valence-corrected chi connectivity index (χ4v) is 10.0. The van der Waals surface area contributed by atoms with Gasteiger partial charge in [-0.1, -0.05) is 238 Å². The van der Waals surface area contributed by atoms with Gasteiger partial charge in [0, 0.05) is 24.8 Å². The highest BCUT2D eigenvalue weighted by Crippen LogP contribution is 2.36. The van der Waals surface area contributed by atoms with E-state index in [1.165, 1.54) is 228 Å². The van der Waals surface area contributed by atoms with E-state index in [0.29, 0.717) is 0 Å². The summed E-state index contributed by atoms with van der Waals surface area (Å²) in [5, 5.41) is 0. The van der Waals surface area contributed by atoms with Crippen molar-refractivity contribution in [3.05, 3.63) is 114 Å². The first-order valence-corrected chi connectivity index (χ1v) is 30.0. The van der Waals surface area contributed by atoms with Crippen LogP contribution in [0.5, 0.6) is 0 Å². The van der Waals surface area contributed by atoms with E-state index in [1.54, 1.807) is 0 Å². The third kappa shape index (κ3) is 22.6. The molecule has 0 aliphatic carbocycles. The van der Waals surface area contributed by atoms with Crippen LogP contribution in [0.4, 0.5) is 34.9 Å². The van der Waals surface area contributed by atoms with Crippen LogP contribution < -0.4 is 9.80 Å². The second kappa shape index (κ2) is 37.1. The van der Waals surface area contributed by atoms with Gasteiger partial charge in [-0.15, -0.1) is 0 Å². The Kier molecular flexibility index (Phi) is 30.0. The quantitative estimate of drug-likeness (QED) is 0.0361. The summed E-state index contributed by atoms with van der Waals surface area (Å²) in [6, 6.07) is 23.9. The lowest BCUT2D eigenvalue weighted by molar-refractivity contribution is 0.575. The molecule has 0 aliphatic heterocycles. The molecule has 0 unspecified atom stereocenters. The summed E-state index contributed by atoms with van der Waals surface area (Å²) in [5.41, 5.74) is 5.11. The van der Waals surface area contributed by atoms with Crippen LogP contribution in [0.3, 0.4) is 0 Å². The molecule has 5 aromatic rings. The summed E-state index contributed by atoms with van der Waals surface area (Å²) >= 11 is 0. The Bertz CT molecular complexity index is 1790. The molecule has 7 nitrogen and oxygen atoms in total. The lowest BCUT2D eigenvalue weighted by Crippen LogP contribution is -2.18. The summed E-state index contributed by atoms with van der Waals surface area (Å²) in [5.74, 6) is 4.73. The monoisotopic (exact) mass is 978 g/mol. The molecule has 0 aromatic carbocycles. The molecule has 0 spiro atoms. The van der Waals surface area contributed by atoms with Crippen molar-refractivity contribution in [3.8, 4) is 0 Å². The maximum Gasteiger partial charge on any atom is 0.142 e. The van der Waals surface area contributed by atoms with Gasteiger partial charge in [0.2, 0.25) is 0 Å². The molecule has 0 amide bonds. The molecule has 0 atom stereocenters. The number of aromatic nitrogens is 5. The van der Waals surface area contributed by atoms with E-state index >= 15 is 0 Å². The van der Waals surface area contributed by atoms with Gasteiger partial charge in [-0.2, -0.15) is 0 Å². The topological polar surface area (TPSA) is 70.9 Å². The average molecular weight is 979 g/mol. The van der Waals surface area contributed by atoms with Crippen LogP contribution in [-0.2, 0) is 25.7 Å². The highest BCUT2D eigenvalue weighted by Gasteiger charge is 2.22. The minimum atomic E-state index is 0.752. The van der Waals surface area contributed by atoms with Gasteiger partial charge in [0.1, 0.15) is 34.9 Å². The third-order valence-corrected chi connectivity index (χ3v) is 14.6. The number of pyridine rings is 5. The van der Waals surface area contributed by atoms with Gasteiger partial charge in [0.25, 0.3) is 0 Å². The molecule has 5 aromatic heterocycles. The first-order chi connectivity index (χ1) is 35.6. The van der Waals surface area contributed by atoms with Crippen molar-refractivity contribution in [1.82, 2.24) is 24.9 Å². The summed E-state index contributed by atoms with van der Waals surface area (Å²) < 4.78 is 0. The molecular weight excluding hydrogens is 879 g/mol. The first kappa shape index (κ1) is 58.2. The van der Waals surface area contributed by atoms with E-state index < -0.39 is 0 Å². The van der Waals surface area contributed by atoms with Crippen molar-refractivity contribution < 1.29 is 0 Å². The fourth-order valence-electron chi connectivity index (χ4n) is 10.0. The Morgan fingerprint density at radius 3 is 0.681 bits per heavy atom. The summed E-state index contributed by atoms with van der Waals surface area (Å²) in [7, 11) is 0. The molecule has 7 heteroatoms. The van der Waals surface area contributed by atoms with Crippen LogP contribution in [0.2, 0.25) is 0 Å². The minimum absolute atomic E-state index is 0.752. The molecule has 5 heterocycles. The van der Waals surface area contributed by atoms with Gasteiger partial charge in [-0.05, 0) is 110 Å². The fraction of sp³-hybridized carbons (Fsp3) is 0.615. The van der Waals surface area contributed by atoms with Crippen LogP contribution >= 0.6 is 0 Å². The van der Waals surface area contributed by atoms with Crippen molar-refractivity contribution in [3.63, 3.8) is 0 Å². The molecule has 72 heavy (non-hydrogen) atoms. The Morgan fingerprint density at radius 2 is 0.472 bits per heavy atom. The standard InChI is InChI=1S/C65H99N7/c1-5-9-13-17-21-25-29-33-38-56-44-48-60(66-52-56)71(61-49-45-57(53-67-61)39-34-30-26-22-18-14-10-6-2)64-42-37-43-65(70-64)72(62-50-46-58(54-68-62)40-35-31-27-23-19-15-11-7-3)63-51-47-59(55-69-63)41-36-32-28-24-20-16-12-8-4/h37,42-55H,5-36,38-41H2,1-4H3. The number of aryl methyl sites for hydroxylation is 4. The third-order valence-electron chi connectivity index (χ3n) is 14.6. The van der Waals surface area contributed by atoms with Crippen molar-refractivity contribution in [1.29, 1.82) is 0 Å². The zero-order valence-electron chi connectivity index (χ0n) is 46.2. The molecule has 0 saturated heterocycles. The second-order valence-corrected chi connectivity index (χ2v) is 21.0. The van der Waals surface area contributed by atoms with Gasteiger partial charge in [0.15, 0.2) is 0 Å². The zero-order valence-corrected chi connectivity index (χ0v) is 46.2. The predicted octanol–water partition coefficient (Wildman–Crippen LogP) is 20.3. The second-order valence-electron chi connectivity index (χ2n) is 21.0. The van der Waals surface area contributed by atoms with E-state index in [1.807, 2.05) is 0 Å². The number of nitrogens with zero attached hydrogens (tertiary/aromatic N) is 7. The Labute approximate surface area is 440 Å². The Hall–Kier alpha value is -4.65. The largest absolute Gasteiger partial charge is 0.262 e. The van der Waals surface area contributed by atoms with Gasteiger partial charge >= 0.3 is 0 Å². The van der Waals surface area contributed by atoms with E-state index in [-0.39, 0.29) is 0 Å². The van der Waals surface area contributed by atoms with Crippen LogP contribution in [-0.4, -0.2) is 24.9 Å². The number of rotatable bonds is 42. The molecule has 394 valence electrons. The molecule has 5 rings (SSSR count). The predicted molar refractivity (Wildman–Crippen MR) is 310 cm³/mol. The number of hydrogen-bond acceptors (Lipinski definition) is 7. The van der Waals surface area contributed by atoms with Gasteiger partial charge in [-0.25, -0.2) is 24.9 Å². The van der Waals surface area contributed by atoms with E-state index in [9.17, 15) is 0 Å². The Morgan fingerprint density at radius 1 is 0.250 bits per heavy atom. The minimum Gasteiger partial charge on any atom is -0.262 e. The van der Waals surface area contributed by atoms with Gasteiger partial charge in [-0.3, -0.25) is 9.80 Å². The average Bonchev–Trinajstić information content (AvgIpc) is 3.41. The lowest BCUT2D eigenvalue weighted by atomic mass is 10.0. The maximum absolute atomic E-state index is 5.45. The van der Waals surface area contributed by atoms with E-state index in [4.69, 9.17) is 24.9 Å². The summed E-state index contributed by atoms with van der Waals surface area (Å²) in [4.78, 5) is 30.2. The lowest BCUT2D eigenvalue weighted by Gasteiger charge is -2.26. The smallest absolute Gasteiger partial charge is 0.142 e. The molecule has 0 fully saturated rings. The molecule has 0 saturated carbocycles. The Balaban J connectivity index is 1.37. The molecule has 0 aliphatic rings. The summed E-state index contributed by atoms with van der Waals surface area (Å²) in [6.07, 6.45) is 54.6. The zero-order chi connectivity index (χ0) is 50.5. The molecule has 0 radical (unpaired) electrons. The van der Waals surface area contributed by atoms with Gasteiger partial charge in [0.05, 0.1) is 0 Å². The highest BCUT2D eigenvalue weighted by molar-refractivity contribution is 5.74. The van der Waals surface area contributed by atoms with Crippen LogP contribution in [0.1, 0.15) is 255 Å². The van der Waals surface area contributed by atoms with Crippen molar-refractivity contribution in [2.45, 2.75) is 259 Å². The molecule has 0 N–H and O–H groups in total. The SMILES string of the molecule is CCCCCCCCCCc1ccc(N(c2ccc(CCCCCCCCCC)cn2)c2cccc(N(c3ccc(CCCCCCCCCC)cn3)c3ccc(CCCCCCCCCC)cn3)n2)nc1. The van der Waals surface area contributed by atoms with E-state index in [0.717, 1.165) is 60.6 Å². The van der Waals surface area contributed by atoms with Crippen LogP contribution in [0.25, 0.3) is 0 Å².